The highest BCUT2D eigenvalue weighted by atomic mass is 16.6. The first-order chi connectivity index (χ1) is 25.3. The summed E-state index contributed by atoms with van der Waals surface area (Å²) in [6.45, 7) is 7.53. The maximum absolute atomic E-state index is 13.2. The maximum atomic E-state index is 13.2. The summed E-state index contributed by atoms with van der Waals surface area (Å²) < 4.78 is 10.9. The van der Waals surface area contributed by atoms with Gasteiger partial charge in [-0.3, -0.25) is 14.4 Å². The number of rotatable bonds is 18. The summed E-state index contributed by atoms with van der Waals surface area (Å²) in [6.07, 6.45) is 0.352. The van der Waals surface area contributed by atoms with E-state index in [0.29, 0.717) is 32.2 Å². The molecular formula is C41H52N4O8. The van der Waals surface area contributed by atoms with Gasteiger partial charge in [-0.15, -0.1) is 0 Å². The van der Waals surface area contributed by atoms with Gasteiger partial charge in [-0.1, -0.05) is 78.9 Å². The van der Waals surface area contributed by atoms with Crippen molar-refractivity contribution in [3.63, 3.8) is 0 Å². The van der Waals surface area contributed by atoms with Crippen molar-refractivity contribution in [2.24, 2.45) is 0 Å². The number of fused-ring (bicyclic) bond motifs is 3. The second-order valence-corrected chi connectivity index (χ2v) is 14.5. The van der Waals surface area contributed by atoms with E-state index in [9.17, 15) is 29.1 Å². The van der Waals surface area contributed by atoms with E-state index in [-0.39, 0.29) is 37.7 Å². The second kappa shape index (κ2) is 19.4. The molecule has 1 aliphatic carbocycles. The number of carboxylic acid groups (broad SMARTS) is 1. The number of hydrogen-bond donors (Lipinski definition) is 5. The molecule has 4 rings (SSSR count). The fraction of sp³-hybridized carbons (Fsp3) is 0.439. The summed E-state index contributed by atoms with van der Waals surface area (Å²) in [4.78, 5) is 62.8. The van der Waals surface area contributed by atoms with Crippen molar-refractivity contribution in [2.75, 3.05) is 13.2 Å². The van der Waals surface area contributed by atoms with E-state index in [2.05, 4.69) is 33.4 Å². The van der Waals surface area contributed by atoms with E-state index in [1.54, 1.807) is 27.7 Å². The third-order valence-corrected chi connectivity index (χ3v) is 8.76. The molecule has 0 unspecified atom stereocenters. The van der Waals surface area contributed by atoms with Crippen molar-refractivity contribution in [1.82, 2.24) is 21.3 Å². The minimum atomic E-state index is -1.04. The van der Waals surface area contributed by atoms with Crippen molar-refractivity contribution in [3.8, 4) is 11.1 Å². The van der Waals surface area contributed by atoms with Crippen molar-refractivity contribution in [3.05, 3.63) is 95.6 Å². The molecule has 0 aliphatic heterocycles. The van der Waals surface area contributed by atoms with Crippen LogP contribution in [0.4, 0.5) is 9.59 Å². The van der Waals surface area contributed by atoms with Crippen molar-refractivity contribution >= 4 is 30.0 Å². The molecule has 0 fully saturated rings. The van der Waals surface area contributed by atoms with Gasteiger partial charge in [0.2, 0.25) is 11.8 Å². The largest absolute Gasteiger partial charge is 0.481 e. The number of aliphatic carboxylic acids is 1. The lowest BCUT2D eigenvalue weighted by atomic mass is 9.98. The Balaban J connectivity index is 1.30. The van der Waals surface area contributed by atoms with Crippen LogP contribution in [0.5, 0.6) is 0 Å². The molecule has 1 aliphatic rings. The number of carbonyl (C=O) groups is 5. The maximum Gasteiger partial charge on any atom is 0.407 e. The zero-order valence-electron chi connectivity index (χ0n) is 31.0. The molecule has 3 aromatic rings. The molecule has 12 heteroatoms. The zero-order valence-corrected chi connectivity index (χ0v) is 31.0. The molecule has 0 bridgehead atoms. The molecule has 0 radical (unpaired) electrons. The van der Waals surface area contributed by atoms with Gasteiger partial charge in [0.25, 0.3) is 0 Å². The highest BCUT2D eigenvalue weighted by molar-refractivity contribution is 5.81. The highest BCUT2D eigenvalue weighted by Gasteiger charge is 2.29. The normalized spacial score (nSPS) is 13.7. The van der Waals surface area contributed by atoms with Gasteiger partial charge in [-0.25, -0.2) is 9.59 Å². The highest BCUT2D eigenvalue weighted by Crippen LogP contribution is 2.44. The van der Waals surface area contributed by atoms with Gasteiger partial charge in [-0.2, -0.15) is 0 Å². The molecular weight excluding hydrogens is 676 g/mol. The van der Waals surface area contributed by atoms with Crippen LogP contribution < -0.4 is 21.3 Å². The Morgan fingerprint density at radius 3 is 1.92 bits per heavy atom. The van der Waals surface area contributed by atoms with Gasteiger partial charge < -0.3 is 35.8 Å². The van der Waals surface area contributed by atoms with Crippen molar-refractivity contribution in [1.29, 1.82) is 0 Å². The van der Waals surface area contributed by atoms with Crippen molar-refractivity contribution < 1.29 is 38.6 Å². The number of amides is 4. The number of unbranched alkanes of at least 4 members (excludes halogenated alkanes) is 1. The van der Waals surface area contributed by atoms with Crippen LogP contribution in [0.3, 0.4) is 0 Å². The first-order valence-corrected chi connectivity index (χ1v) is 18.2. The summed E-state index contributed by atoms with van der Waals surface area (Å²) in [6, 6.07) is 23.6. The van der Waals surface area contributed by atoms with Gasteiger partial charge in [0.05, 0.1) is 6.42 Å². The third-order valence-electron chi connectivity index (χ3n) is 8.76. The predicted octanol–water partition coefficient (Wildman–Crippen LogP) is 6.08. The summed E-state index contributed by atoms with van der Waals surface area (Å²) in [5.74, 6) is -1.89. The Kier molecular flexibility index (Phi) is 14.8. The summed E-state index contributed by atoms with van der Waals surface area (Å²) >= 11 is 0. The molecule has 0 saturated heterocycles. The summed E-state index contributed by atoms with van der Waals surface area (Å²) in [5.41, 5.74) is 4.71. The van der Waals surface area contributed by atoms with Crippen LogP contribution in [-0.4, -0.2) is 72.0 Å². The SMILES string of the molecule is C[C@@H](CC(=O)N[C@@H](CCCCNC(=O)OC(C)(C)C)CC(=O)N[C@H](CC(=O)O)Cc1ccccc1)NC(=O)OCC1c2ccccc2-c2ccccc21. The average Bonchev–Trinajstić information content (AvgIpc) is 3.39. The topological polar surface area (TPSA) is 172 Å². The second-order valence-electron chi connectivity index (χ2n) is 14.5. The number of ether oxygens (including phenoxy) is 2. The van der Waals surface area contributed by atoms with Gasteiger partial charge in [0, 0.05) is 43.4 Å². The number of benzene rings is 3. The fourth-order valence-electron chi connectivity index (χ4n) is 6.50. The van der Waals surface area contributed by atoms with E-state index < -0.39 is 47.8 Å². The number of hydrogen-bond acceptors (Lipinski definition) is 7. The van der Waals surface area contributed by atoms with E-state index in [4.69, 9.17) is 9.47 Å². The molecule has 3 aromatic carbocycles. The Bertz CT molecular complexity index is 1660. The zero-order chi connectivity index (χ0) is 38.4. The van der Waals surface area contributed by atoms with Gasteiger partial charge >= 0.3 is 18.2 Å². The van der Waals surface area contributed by atoms with Gasteiger partial charge in [0.15, 0.2) is 0 Å². The van der Waals surface area contributed by atoms with E-state index in [1.807, 2.05) is 66.7 Å². The molecule has 0 heterocycles. The Morgan fingerprint density at radius 2 is 1.30 bits per heavy atom. The van der Waals surface area contributed by atoms with Crippen LogP contribution in [-0.2, 0) is 30.3 Å². The molecule has 12 nitrogen and oxygen atoms in total. The predicted molar refractivity (Wildman–Crippen MR) is 201 cm³/mol. The van der Waals surface area contributed by atoms with E-state index in [1.165, 1.54) is 0 Å². The van der Waals surface area contributed by atoms with Crippen LogP contribution >= 0.6 is 0 Å². The smallest absolute Gasteiger partial charge is 0.407 e. The van der Waals surface area contributed by atoms with E-state index >= 15 is 0 Å². The molecule has 0 aromatic heterocycles. The monoisotopic (exact) mass is 728 g/mol. The minimum Gasteiger partial charge on any atom is -0.481 e. The first kappa shape index (κ1) is 40.4. The average molecular weight is 729 g/mol. The summed E-state index contributed by atoms with van der Waals surface area (Å²) in [7, 11) is 0. The van der Waals surface area contributed by atoms with Crippen LogP contribution in [0.25, 0.3) is 11.1 Å². The van der Waals surface area contributed by atoms with Crippen LogP contribution in [0.1, 0.15) is 88.8 Å². The molecule has 0 saturated carbocycles. The summed E-state index contributed by atoms with van der Waals surface area (Å²) in [5, 5.41) is 20.7. The third kappa shape index (κ3) is 13.6. The number of carboxylic acids is 1. The van der Waals surface area contributed by atoms with Crippen LogP contribution in [0.2, 0.25) is 0 Å². The molecule has 3 atom stereocenters. The van der Waals surface area contributed by atoms with Gasteiger partial charge in [-0.05, 0) is 81.2 Å². The van der Waals surface area contributed by atoms with Crippen LogP contribution in [0.15, 0.2) is 78.9 Å². The molecule has 53 heavy (non-hydrogen) atoms. The minimum absolute atomic E-state index is 0.0574. The van der Waals surface area contributed by atoms with E-state index in [0.717, 1.165) is 27.8 Å². The quantitative estimate of drug-likeness (QED) is 0.0982. The first-order valence-electron chi connectivity index (χ1n) is 18.2. The number of nitrogens with one attached hydrogen (secondary N) is 4. The van der Waals surface area contributed by atoms with Crippen molar-refractivity contribution in [2.45, 2.75) is 102 Å². The Hall–Kier alpha value is -5.39. The molecule has 0 spiro atoms. The lowest BCUT2D eigenvalue weighted by Gasteiger charge is -2.23. The Morgan fingerprint density at radius 1 is 0.717 bits per heavy atom. The lowest BCUT2D eigenvalue weighted by molar-refractivity contribution is -0.137. The molecule has 4 amide bonds. The molecule has 5 N–H and O–H groups in total. The molecule has 284 valence electrons. The standard InChI is InChI=1S/C41H52N4O8/c1-27(43-40(51)52-26-35-33-19-10-8-17-31(33)32-18-9-11-20-34(32)35)22-36(46)44-29(16-12-13-21-42-39(50)53-41(2,3)4)24-37(47)45-30(25-38(48)49)23-28-14-6-5-7-15-28/h5-11,14-15,17-20,27,29-30,35H,12-13,16,21-26H2,1-4H3,(H,42,50)(H,43,51)(H,44,46)(H,45,47)(H,48,49)/t27-,29-,30-/m0/s1. The number of alkyl carbamates (subject to hydrolysis) is 2. The fourth-order valence-corrected chi connectivity index (χ4v) is 6.50. The van der Waals surface area contributed by atoms with Gasteiger partial charge in [0.1, 0.15) is 12.2 Å². The number of carbonyl (C=O) groups excluding carboxylic acids is 4. The lowest BCUT2D eigenvalue weighted by Crippen LogP contribution is -2.45. The Labute approximate surface area is 311 Å². The van der Waals surface area contributed by atoms with Crippen LogP contribution in [0, 0.1) is 0 Å².